The molecule has 1 aromatic carbocycles. The minimum atomic E-state index is -3.68. The molecule has 1 amide bonds. The van der Waals surface area contributed by atoms with E-state index in [0.717, 1.165) is 4.88 Å². The van der Waals surface area contributed by atoms with Crippen LogP contribution in [0.15, 0.2) is 46.7 Å². The molecule has 0 spiro atoms. The van der Waals surface area contributed by atoms with Gasteiger partial charge in [-0.2, -0.15) is 4.31 Å². The molecule has 0 bridgehead atoms. The molecule has 30 heavy (non-hydrogen) atoms. The fourth-order valence-corrected chi connectivity index (χ4v) is 5.43. The van der Waals surface area contributed by atoms with E-state index in [4.69, 9.17) is 4.74 Å². The predicted octanol–water partition coefficient (Wildman–Crippen LogP) is 1.72. The van der Waals surface area contributed by atoms with Crippen LogP contribution in [0.3, 0.4) is 0 Å². The normalized spacial score (nSPS) is 16.7. The number of benzene rings is 1. The van der Waals surface area contributed by atoms with Crippen molar-refractivity contribution in [1.29, 1.82) is 0 Å². The molecule has 1 atom stereocenters. The number of piperazine rings is 1. The highest BCUT2D eigenvalue weighted by Gasteiger charge is 2.28. The number of sulfonamides is 1. The van der Waals surface area contributed by atoms with E-state index in [1.807, 2.05) is 24.6 Å². The first-order valence-electron chi connectivity index (χ1n) is 9.51. The SMILES string of the molecule is COC(=O)CC(NC(=O)c1cccc(S(=O)(=O)N2CCN(C)CC2)c1)c1cccs1. The quantitative estimate of drug-likeness (QED) is 0.644. The average molecular weight is 452 g/mol. The van der Waals surface area contributed by atoms with Crippen molar-refractivity contribution in [3.8, 4) is 0 Å². The molecule has 10 heteroatoms. The zero-order chi connectivity index (χ0) is 21.7. The first-order chi connectivity index (χ1) is 14.3. The molecule has 1 saturated heterocycles. The summed E-state index contributed by atoms with van der Waals surface area (Å²) in [7, 11) is -0.436. The molecule has 1 N–H and O–H groups in total. The fourth-order valence-electron chi connectivity index (χ4n) is 3.18. The zero-order valence-corrected chi connectivity index (χ0v) is 18.5. The lowest BCUT2D eigenvalue weighted by atomic mass is 10.1. The van der Waals surface area contributed by atoms with Crippen molar-refractivity contribution in [1.82, 2.24) is 14.5 Å². The van der Waals surface area contributed by atoms with Crippen LogP contribution >= 0.6 is 11.3 Å². The number of carbonyl (C=O) groups is 2. The van der Waals surface area contributed by atoms with Crippen LogP contribution in [0, 0.1) is 0 Å². The second-order valence-corrected chi connectivity index (χ2v) is 9.97. The second kappa shape index (κ2) is 9.69. The van der Waals surface area contributed by atoms with Crippen LogP contribution in [0.2, 0.25) is 0 Å². The van der Waals surface area contributed by atoms with Gasteiger partial charge in [0, 0.05) is 36.6 Å². The van der Waals surface area contributed by atoms with Gasteiger partial charge in [0.05, 0.1) is 24.5 Å². The molecule has 0 saturated carbocycles. The van der Waals surface area contributed by atoms with Crippen molar-refractivity contribution in [3.63, 3.8) is 0 Å². The third-order valence-corrected chi connectivity index (χ3v) is 7.87. The summed E-state index contributed by atoms with van der Waals surface area (Å²) in [5.41, 5.74) is 0.219. The lowest BCUT2D eigenvalue weighted by Crippen LogP contribution is -2.47. The van der Waals surface area contributed by atoms with E-state index >= 15 is 0 Å². The number of methoxy groups -OCH3 is 1. The Bertz CT molecular complexity index is 984. The molecule has 2 heterocycles. The lowest BCUT2D eigenvalue weighted by Gasteiger charge is -2.31. The maximum Gasteiger partial charge on any atom is 0.307 e. The van der Waals surface area contributed by atoms with E-state index in [9.17, 15) is 18.0 Å². The second-order valence-electron chi connectivity index (χ2n) is 7.06. The average Bonchev–Trinajstić information content (AvgIpc) is 3.28. The van der Waals surface area contributed by atoms with Gasteiger partial charge in [0.25, 0.3) is 5.91 Å². The summed E-state index contributed by atoms with van der Waals surface area (Å²) in [6.45, 7) is 2.15. The van der Waals surface area contributed by atoms with E-state index in [2.05, 4.69) is 10.2 Å². The Morgan fingerprint density at radius 3 is 2.53 bits per heavy atom. The molecule has 1 aliphatic rings. The Hall–Kier alpha value is -2.27. The van der Waals surface area contributed by atoms with Crippen molar-refractivity contribution in [3.05, 3.63) is 52.2 Å². The van der Waals surface area contributed by atoms with Gasteiger partial charge in [-0.15, -0.1) is 11.3 Å². The van der Waals surface area contributed by atoms with E-state index in [1.54, 1.807) is 12.1 Å². The van der Waals surface area contributed by atoms with Crippen molar-refractivity contribution >= 4 is 33.2 Å². The van der Waals surface area contributed by atoms with E-state index in [-0.39, 0.29) is 16.9 Å². The largest absolute Gasteiger partial charge is 0.469 e. The Labute approximate surface area is 180 Å². The van der Waals surface area contributed by atoms with Crippen LogP contribution in [0.4, 0.5) is 0 Å². The summed E-state index contributed by atoms with van der Waals surface area (Å²) in [6.07, 6.45) is -0.0119. The molecule has 0 aliphatic carbocycles. The van der Waals surface area contributed by atoms with Gasteiger partial charge >= 0.3 is 5.97 Å². The van der Waals surface area contributed by atoms with Crippen LogP contribution in [0.1, 0.15) is 27.7 Å². The maximum atomic E-state index is 13.0. The lowest BCUT2D eigenvalue weighted by molar-refractivity contribution is -0.141. The van der Waals surface area contributed by atoms with Crippen molar-refractivity contribution in [2.24, 2.45) is 0 Å². The Morgan fingerprint density at radius 1 is 1.17 bits per heavy atom. The topological polar surface area (TPSA) is 96.0 Å². The highest BCUT2D eigenvalue weighted by molar-refractivity contribution is 7.89. The summed E-state index contributed by atoms with van der Waals surface area (Å²) >= 11 is 1.42. The number of ether oxygens (including phenoxy) is 1. The first kappa shape index (κ1) is 22.4. The Morgan fingerprint density at radius 2 is 1.90 bits per heavy atom. The highest BCUT2D eigenvalue weighted by Crippen LogP contribution is 2.24. The number of thiophene rings is 1. The maximum absolute atomic E-state index is 13.0. The van der Waals surface area contributed by atoms with Crippen molar-refractivity contribution < 1.29 is 22.7 Å². The van der Waals surface area contributed by atoms with Gasteiger partial charge in [0.1, 0.15) is 0 Å². The van der Waals surface area contributed by atoms with Gasteiger partial charge < -0.3 is 15.0 Å². The molecule has 8 nitrogen and oxygen atoms in total. The number of amides is 1. The van der Waals surface area contributed by atoms with Crippen LogP contribution < -0.4 is 5.32 Å². The summed E-state index contributed by atoms with van der Waals surface area (Å²) in [5, 5.41) is 4.68. The monoisotopic (exact) mass is 451 g/mol. The zero-order valence-electron chi connectivity index (χ0n) is 16.9. The van der Waals surface area contributed by atoms with Crippen molar-refractivity contribution in [2.75, 3.05) is 40.3 Å². The van der Waals surface area contributed by atoms with Gasteiger partial charge in [-0.1, -0.05) is 12.1 Å². The summed E-state index contributed by atoms with van der Waals surface area (Å²) in [5.74, 6) is -0.896. The van der Waals surface area contributed by atoms with Gasteiger partial charge in [-0.05, 0) is 36.7 Å². The summed E-state index contributed by atoms with van der Waals surface area (Å²) < 4.78 is 32.1. The number of hydrogen-bond acceptors (Lipinski definition) is 7. The Balaban J connectivity index is 1.79. The minimum absolute atomic E-state index is 0.0119. The summed E-state index contributed by atoms with van der Waals surface area (Å²) in [6, 6.07) is 9.09. The van der Waals surface area contributed by atoms with E-state index in [0.29, 0.717) is 26.2 Å². The number of nitrogens with one attached hydrogen (secondary N) is 1. The molecule has 3 rings (SSSR count). The molecule has 0 radical (unpaired) electrons. The first-order valence-corrected chi connectivity index (χ1v) is 11.8. The predicted molar refractivity (Wildman–Crippen MR) is 114 cm³/mol. The van der Waals surface area contributed by atoms with Gasteiger partial charge in [0.2, 0.25) is 10.0 Å². The number of hydrogen-bond donors (Lipinski definition) is 1. The molecular weight excluding hydrogens is 426 g/mol. The van der Waals surface area contributed by atoms with Crippen LogP contribution in [0.25, 0.3) is 0 Å². The fraction of sp³-hybridized carbons (Fsp3) is 0.400. The number of likely N-dealkylation sites (N-methyl/N-ethyl adjacent to an activating group) is 1. The number of carbonyl (C=O) groups excluding carboxylic acids is 2. The molecule has 1 aliphatic heterocycles. The number of esters is 1. The third-order valence-electron chi connectivity index (χ3n) is 4.99. The standard InChI is InChI=1S/C20H25N3O5S2/c1-22-8-10-23(11-9-22)30(26,27)16-6-3-5-15(13-16)20(25)21-17(14-19(24)28-2)18-7-4-12-29-18/h3-7,12-13,17H,8-11,14H2,1-2H3,(H,21,25). The minimum Gasteiger partial charge on any atom is -0.469 e. The number of nitrogens with zero attached hydrogens (tertiary/aromatic N) is 2. The van der Waals surface area contributed by atoms with E-state index < -0.39 is 27.9 Å². The molecule has 1 fully saturated rings. The van der Waals surface area contributed by atoms with Gasteiger partial charge in [0.15, 0.2) is 0 Å². The van der Waals surface area contributed by atoms with Crippen LogP contribution in [-0.4, -0.2) is 69.8 Å². The van der Waals surface area contributed by atoms with Crippen molar-refractivity contribution in [2.45, 2.75) is 17.4 Å². The van der Waals surface area contributed by atoms with E-state index in [1.165, 1.54) is 34.9 Å². The molecule has 162 valence electrons. The number of rotatable bonds is 7. The smallest absolute Gasteiger partial charge is 0.307 e. The van der Waals surface area contributed by atoms with Gasteiger partial charge in [-0.3, -0.25) is 9.59 Å². The van der Waals surface area contributed by atoms with Crippen LogP contribution in [0.5, 0.6) is 0 Å². The van der Waals surface area contributed by atoms with Gasteiger partial charge in [-0.25, -0.2) is 8.42 Å². The molecule has 1 unspecified atom stereocenters. The Kier molecular flexibility index (Phi) is 7.24. The summed E-state index contributed by atoms with van der Waals surface area (Å²) in [4.78, 5) is 27.6. The van der Waals surface area contributed by atoms with Crippen LogP contribution in [-0.2, 0) is 19.6 Å². The third kappa shape index (κ3) is 5.25. The highest BCUT2D eigenvalue weighted by atomic mass is 32.2. The molecule has 1 aromatic heterocycles. The molecular formula is C20H25N3O5S2. The molecule has 2 aromatic rings.